The van der Waals surface area contributed by atoms with Gasteiger partial charge in [-0.2, -0.15) is 0 Å². The Kier molecular flexibility index (Phi) is 0.931. The Balaban J connectivity index is 2.54. The van der Waals surface area contributed by atoms with Gasteiger partial charge in [0.05, 0.1) is 5.69 Å². The summed E-state index contributed by atoms with van der Waals surface area (Å²) in [5, 5.41) is 1.29. The van der Waals surface area contributed by atoms with Crippen molar-refractivity contribution in [1.29, 1.82) is 0 Å². The van der Waals surface area contributed by atoms with Gasteiger partial charge < -0.3 is 4.98 Å². The number of rotatable bonds is 0. The maximum atomic E-state index is 3.33. The van der Waals surface area contributed by atoms with Gasteiger partial charge in [0.1, 0.15) is 0 Å². The number of aromatic nitrogens is 1. The first-order chi connectivity index (χ1) is 5.95. The van der Waals surface area contributed by atoms with Gasteiger partial charge in [0.15, 0.2) is 0 Å². The summed E-state index contributed by atoms with van der Waals surface area (Å²) in [6.07, 6.45) is 4.00. The average molecular weight is 153 g/mol. The molecule has 3 rings (SSSR count). The largest absolute Gasteiger partial charge is 0.354 e. The predicted octanol–water partition coefficient (Wildman–Crippen LogP) is 2.81. The number of para-hydroxylation sites is 1. The van der Waals surface area contributed by atoms with E-state index in [4.69, 9.17) is 0 Å². The zero-order valence-corrected chi connectivity index (χ0v) is 6.46. The molecule has 1 aliphatic rings. The molecule has 1 aromatic carbocycles. The molecule has 0 fully saturated rings. The average Bonchev–Trinajstić information content (AvgIpc) is 2.62. The van der Waals surface area contributed by atoms with Crippen LogP contribution in [0.4, 0.5) is 0 Å². The number of fused-ring (bicyclic) bond motifs is 3. The minimum atomic E-state index is 1.18. The molecule has 0 saturated carbocycles. The van der Waals surface area contributed by atoms with Gasteiger partial charge in [0, 0.05) is 22.5 Å². The number of nitrogens with one attached hydrogen (secondary N) is 1. The monoisotopic (exact) mass is 153 g/mol. The Morgan fingerprint density at radius 2 is 2.00 bits per heavy atom. The number of hydrogen-bond donors (Lipinski definition) is 1. The molecule has 0 amide bonds. The van der Waals surface area contributed by atoms with E-state index in [0.29, 0.717) is 0 Å². The lowest BCUT2D eigenvalue weighted by Crippen LogP contribution is -1.67. The van der Waals surface area contributed by atoms with Crippen LogP contribution >= 0.6 is 0 Å². The zero-order chi connectivity index (χ0) is 7.97. The predicted molar refractivity (Wildman–Crippen MR) is 50.7 cm³/mol. The molecule has 0 atom stereocenters. The molecular formula is C11H7N. The fraction of sp³-hybridized carbons (Fsp3) is 0. The Labute approximate surface area is 70.0 Å². The van der Waals surface area contributed by atoms with Gasteiger partial charge in [-0.3, -0.25) is 0 Å². The Bertz CT molecular complexity index is 511. The molecule has 1 heterocycles. The summed E-state index contributed by atoms with van der Waals surface area (Å²) in [7, 11) is 0. The van der Waals surface area contributed by atoms with E-state index in [0.717, 1.165) is 0 Å². The SMILES string of the molecule is C1=Cc2[nH]c3ccccc3c2C=1. The number of benzene rings is 1. The van der Waals surface area contributed by atoms with E-state index in [1.807, 2.05) is 18.2 Å². The molecule has 0 saturated heterocycles. The topological polar surface area (TPSA) is 15.8 Å². The number of hydrogen-bond acceptors (Lipinski definition) is 0. The molecule has 2 aromatic rings. The van der Waals surface area contributed by atoms with Gasteiger partial charge in [0.2, 0.25) is 0 Å². The van der Waals surface area contributed by atoms with Crippen LogP contribution in [0, 0.1) is 0 Å². The minimum absolute atomic E-state index is 1.18. The summed E-state index contributed by atoms with van der Waals surface area (Å²) in [6.45, 7) is 0. The molecule has 1 nitrogen and oxygen atoms in total. The van der Waals surface area contributed by atoms with Crippen molar-refractivity contribution in [2.24, 2.45) is 0 Å². The molecule has 1 aliphatic carbocycles. The first-order valence-corrected chi connectivity index (χ1v) is 3.98. The molecule has 1 heteroatoms. The van der Waals surface area contributed by atoms with Crippen LogP contribution in [-0.2, 0) is 0 Å². The van der Waals surface area contributed by atoms with E-state index < -0.39 is 0 Å². The van der Waals surface area contributed by atoms with Crippen LogP contribution in [0.15, 0.2) is 30.0 Å². The second kappa shape index (κ2) is 1.90. The van der Waals surface area contributed by atoms with Crippen molar-refractivity contribution in [2.45, 2.75) is 0 Å². The summed E-state index contributed by atoms with van der Waals surface area (Å²) in [4.78, 5) is 3.33. The van der Waals surface area contributed by atoms with Gasteiger partial charge >= 0.3 is 0 Å². The number of H-pyrrole nitrogens is 1. The lowest BCUT2D eigenvalue weighted by molar-refractivity contribution is 1.43. The molecule has 56 valence electrons. The van der Waals surface area contributed by atoms with E-state index in [1.54, 1.807) is 0 Å². The molecular weight excluding hydrogens is 146 g/mol. The van der Waals surface area contributed by atoms with Crippen LogP contribution in [0.5, 0.6) is 0 Å². The Morgan fingerprint density at radius 3 is 3.00 bits per heavy atom. The van der Waals surface area contributed by atoms with Gasteiger partial charge in [-0.05, 0) is 12.1 Å². The van der Waals surface area contributed by atoms with Crippen molar-refractivity contribution in [3.63, 3.8) is 0 Å². The standard InChI is InChI=1S/C11H7N/c1-2-6-10-8(4-1)9-5-3-7-11(9)12-10/h1-2,4-7,12H. The lowest BCUT2D eigenvalue weighted by atomic mass is 10.1. The highest BCUT2D eigenvalue weighted by Gasteiger charge is 2.07. The van der Waals surface area contributed by atoms with E-state index in [9.17, 15) is 0 Å². The highest BCUT2D eigenvalue weighted by Crippen LogP contribution is 2.26. The van der Waals surface area contributed by atoms with E-state index in [2.05, 4.69) is 28.9 Å². The summed E-state index contributed by atoms with van der Waals surface area (Å²) in [5.41, 5.74) is 6.73. The van der Waals surface area contributed by atoms with Crippen LogP contribution in [0.25, 0.3) is 23.1 Å². The summed E-state index contributed by atoms with van der Waals surface area (Å²) in [6, 6.07) is 8.32. The van der Waals surface area contributed by atoms with Crippen LogP contribution in [0.2, 0.25) is 0 Å². The minimum Gasteiger partial charge on any atom is -0.354 e. The van der Waals surface area contributed by atoms with Gasteiger partial charge in [-0.25, -0.2) is 0 Å². The summed E-state index contributed by atoms with van der Waals surface area (Å²) >= 11 is 0. The summed E-state index contributed by atoms with van der Waals surface area (Å²) < 4.78 is 0. The molecule has 0 unspecified atom stereocenters. The molecule has 12 heavy (non-hydrogen) atoms. The Hall–Kier alpha value is -1.72. The van der Waals surface area contributed by atoms with Crippen LogP contribution in [0.1, 0.15) is 11.3 Å². The molecule has 1 aromatic heterocycles. The van der Waals surface area contributed by atoms with Crippen LogP contribution in [-0.4, -0.2) is 4.98 Å². The zero-order valence-electron chi connectivity index (χ0n) is 6.46. The molecule has 0 radical (unpaired) electrons. The highest BCUT2D eigenvalue weighted by molar-refractivity contribution is 5.95. The first-order valence-electron chi connectivity index (χ1n) is 3.98. The third-order valence-corrected chi connectivity index (χ3v) is 2.23. The Morgan fingerprint density at radius 1 is 1.08 bits per heavy atom. The van der Waals surface area contributed by atoms with Crippen molar-refractivity contribution in [3.8, 4) is 0 Å². The van der Waals surface area contributed by atoms with Crippen LogP contribution in [0.3, 0.4) is 0 Å². The maximum absolute atomic E-state index is 3.33. The quantitative estimate of drug-likeness (QED) is 0.478. The van der Waals surface area contributed by atoms with Gasteiger partial charge in [-0.15, -0.1) is 5.73 Å². The van der Waals surface area contributed by atoms with E-state index in [1.165, 1.54) is 22.2 Å². The van der Waals surface area contributed by atoms with E-state index in [-0.39, 0.29) is 0 Å². The normalized spacial score (nSPS) is 12.7. The fourth-order valence-corrected chi connectivity index (χ4v) is 1.66. The first kappa shape index (κ1) is 5.87. The molecule has 0 spiro atoms. The number of aromatic amines is 1. The van der Waals surface area contributed by atoms with E-state index >= 15 is 0 Å². The van der Waals surface area contributed by atoms with Crippen molar-refractivity contribution in [3.05, 3.63) is 41.3 Å². The van der Waals surface area contributed by atoms with Crippen molar-refractivity contribution >= 4 is 23.1 Å². The van der Waals surface area contributed by atoms with Crippen LogP contribution < -0.4 is 0 Å². The summed E-state index contributed by atoms with van der Waals surface area (Å²) in [5.74, 6) is 0. The fourth-order valence-electron chi connectivity index (χ4n) is 1.66. The molecule has 1 N–H and O–H groups in total. The molecule has 0 aliphatic heterocycles. The third kappa shape index (κ3) is 0.590. The second-order valence-corrected chi connectivity index (χ2v) is 2.95. The van der Waals surface area contributed by atoms with Gasteiger partial charge in [-0.1, -0.05) is 18.2 Å². The van der Waals surface area contributed by atoms with Gasteiger partial charge in [0.25, 0.3) is 0 Å². The third-order valence-electron chi connectivity index (χ3n) is 2.23. The lowest BCUT2D eigenvalue weighted by Gasteiger charge is -1.87. The van der Waals surface area contributed by atoms with Crippen molar-refractivity contribution in [1.82, 2.24) is 4.98 Å². The van der Waals surface area contributed by atoms with Crippen molar-refractivity contribution < 1.29 is 0 Å². The molecule has 0 bridgehead atoms. The van der Waals surface area contributed by atoms with Crippen molar-refractivity contribution in [2.75, 3.05) is 0 Å². The second-order valence-electron chi connectivity index (χ2n) is 2.95. The smallest absolute Gasteiger partial charge is 0.0549 e. The highest BCUT2D eigenvalue weighted by atomic mass is 14.7. The maximum Gasteiger partial charge on any atom is 0.0549 e.